The van der Waals surface area contributed by atoms with Crippen LogP contribution >= 0.6 is 11.3 Å². The predicted octanol–water partition coefficient (Wildman–Crippen LogP) is 3.27. The van der Waals surface area contributed by atoms with Crippen molar-refractivity contribution in [3.8, 4) is 22.4 Å². The molecule has 0 saturated carbocycles. The van der Waals surface area contributed by atoms with Crippen LogP contribution in [0.15, 0.2) is 41.8 Å². The minimum absolute atomic E-state index is 0.345. The lowest BCUT2D eigenvalue weighted by atomic mass is 10.2. The van der Waals surface area contributed by atoms with Crippen molar-refractivity contribution in [2.45, 2.75) is 13.5 Å². The Morgan fingerprint density at radius 2 is 2.23 bits per heavy atom. The third-order valence-electron chi connectivity index (χ3n) is 3.16. The first-order chi connectivity index (χ1) is 10.8. The van der Waals surface area contributed by atoms with Crippen molar-refractivity contribution in [3.63, 3.8) is 0 Å². The van der Waals surface area contributed by atoms with Gasteiger partial charge in [0.05, 0.1) is 11.4 Å². The van der Waals surface area contributed by atoms with Gasteiger partial charge in [0, 0.05) is 0 Å². The molecule has 0 spiro atoms. The molecule has 5 nitrogen and oxygen atoms in total. The van der Waals surface area contributed by atoms with Crippen LogP contribution < -0.4 is 4.74 Å². The van der Waals surface area contributed by atoms with Crippen molar-refractivity contribution in [3.05, 3.63) is 53.0 Å². The summed E-state index contributed by atoms with van der Waals surface area (Å²) in [6.45, 7) is 3.03. The van der Waals surface area contributed by atoms with Gasteiger partial charge in [-0.1, -0.05) is 23.4 Å². The lowest BCUT2D eigenvalue weighted by Gasteiger charge is -2.08. The summed E-state index contributed by atoms with van der Waals surface area (Å²) in [7, 11) is 0. The van der Waals surface area contributed by atoms with Gasteiger partial charge in [0.25, 0.3) is 0 Å². The summed E-state index contributed by atoms with van der Waals surface area (Å²) in [5.41, 5.74) is 2.26. The van der Waals surface area contributed by atoms with Gasteiger partial charge in [-0.25, -0.2) is 4.68 Å². The second-order valence-corrected chi connectivity index (χ2v) is 5.71. The van der Waals surface area contributed by atoms with Crippen LogP contribution in [0.1, 0.15) is 11.3 Å². The van der Waals surface area contributed by atoms with Crippen LogP contribution in [-0.2, 0) is 6.54 Å². The second kappa shape index (κ2) is 6.41. The second-order valence-electron chi connectivity index (χ2n) is 4.76. The molecule has 2 heterocycles. The standard InChI is InChI=1S/C16H14N4OS/c1-12-4-2-5-13(10-12)21-8-7-20-16(14(11-17)18-19-20)15-6-3-9-22-15/h2-6,9-10H,7-8H2,1H3. The maximum Gasteiger partial charge on any atom is 0.191 e. The largest absolute Gasteiger partial charge is 0.492 e. The van der Waals surface area contributed by atoms with E-state index >= 15 is 0 Å². The molecule has 0 saturated heterocycles. The Bertz CT molecular complexity index is 802. The average molecular weight is 310 g/mol. The van der Waals surface area contributed by atoms with Gasteiger partial charge in [0.1, 0.15) is 24.1 Å². The highest BCUT2D eigenvalue weighted by Gasteiger charge is 2.15. The van der Waals surface area contributed by atoms with Gasteiger partial charge in [0.2, 0.25) is 0 Å². The zero-order chi connectivity index (χ0) is 15.4. The molecule has 2 aromatic heterocycles. The molecular weight excluding hydrogens is 296 g/mol. The maximum absolute atomic E-state index is 9.17. The summed E-state index contributed by atoms with van der Waals surface area (Å²) in [5.74, 6) is 0.832. The van der Waals surface area contributed by atoms with Crippen LogP contribution in [0.3, 0.4) is 0 Å². The molecule has 1 aromatic carbocycles. The number of rotatable bonds is 5. The molecule has 0 aliphatic carbocycles. The fraction of sp³-hybridized carbons (Fsp3) is 0.188. The highest BCUT2D eigenvalue weighted by molar-refractivity contribution is 7.13. The number of thiophene rings is 1. The zero-order valence-electron chi connectivity index (χ0n) is 12.1. The summed E-state index contributed by atoms with van der Waals surface area (Å²) in [5, 5.41) is 19.1. The summed E-state index contributed by atoms with van der Waals surface area (Å²) in [4.78, 5) is 0.983. The van der Waals surface area contributed by atoms with Gasteiger partial charge in [-0.3, -0.25) is 0 Å². The topological polar surface area (TPSA) is 63.7 Å². The maximum atomic E-state index is 9.17. The van der Waals surface area contributed by atoms with Crippen molar-refractivity contribution < 1.29 is 4.74 Å². The first-order valence-corrected chi connectivity index (χ1v) is 7.73. The molecular formula is C16H14N4OS. The molecule has 6 heteroatoms. The van der Waals surface area contributed by atoms with Crippen molar-refractivity contribution >= 4 is 11.3 Å². The van der Waals surface area contributed by atoms with Crippen LogP contribution in [0, 0.1) is 18.3 Å². The Kier molecular flexibility index (Phi) is 4.17. The Hall–Kier alpha value is -2.65. The lowest BCUT2D eigenvalue weighted by molar-refractivity contribution is 0.290. The van der Waals surface area contributed by atoms with Crippen LogP contribution in [0.4, 0.5) is 0 Å². The molecule has 0 radical (unpaired) electrons. The monoisotopic (exact) mass is 310 g/mol. The van der Waals surface area contributed by atoms with Gasteiger partial charge < -0.3 is 4.74 Å². The van der Waals surface area contributed by atoms with Crippen molar-refractivity contribution in [2.75, 3.05) is 6.61 Å². The highest BCUT2D eigenvalue weighted by atomic mass is 32.1. The SMILES string of the molecule is Cc1cccc(OCCn2nnc(C#N)c2-c2cccs2)c1. The van der Waals surface area contributed by atoms with E-state index in [1.165, 1.54) is 0 Å². The number of nitrogens with zero attached hydrogens (tertiary/aromatic N) is 4. The predicted molar refractivity (Wildman–Crippen MR) is 84.7 cm³/mol. The number of hydrogen-bond acceptors (Lipinski definition) is 5. The summed E-state index contributed by atoms with van der Waals surface area (Å²) in [6, 6.07) is 13.9. The third-order valence-corrected chi connectivity index (χ3v) is 4.03. The van der Waals surface area contributed by atoms with Crippen LogP contribution in [0.25, 0.3) is 10.6 Å². The minimum atomic E-state index is 0.345. The zero-order valence-corrected chi connectivity index (χ0v) is 12.9. The number of benzene rings is 1. The Balaban J connectivity index is 1.74. The Labute approximate surface area is 132 Å². The van der Waals surface area contributed by atoms with Crippen LogP contribution in [0.5, 0.6) is 5.75 Å². The van der Waals surface area contributed by atoms with E-state index in [0.29, 0.717) is 18.8 Å². The molecule has 22 heavy (non-hydrogen) atoms. The van der Waals surface area contributed by atoms with Gasteiger partial charge >= 0.3 is 0 Å². The molecule has 0 N–H and O–H groups in total. The number of aryl methyl sites for hydroxylation is 1. The first kappa shape index (κ1) is 14.3. The number of aromatic nitrogens is 3. The molecule has 0 aliphatic heterocycles. The van der Waals surface area contributed by atoms with E-state index in [0.717, 1.165) is 21.9 Å². The lowest BCUT2D eigenvalue weighted by Crippen LogP contribution is -2.10. The molecule has 0 atom stereocenters. The normalized spacial score (nSPS) is 10.4. The average Bonchev–Trinajstić information content (AvgIpc) is 3.15. The van der Waals surface area contributed by atoms with E-state index < -0.39 is 0 Å². The fourth-order valence-corrected chi connectivity index (χ4v) is 2.93. The Morgan fingerprint density at radius 1 is 1.32 bits per heavy atom. The van der Waals surface area contributed by atoms with E-state index in [2.05, 4.69) is 16.4 Å². The first-order valence-electron chi connectivity index (χ1n) is 6.85. The summed E-state index contributed by atoms with van der Waals surface area (Å²) in [6.07, 6.45) is 0. The minimum Gasteiger partial charge on any atom is -0.492 e. The van der Waals surface area contributed by atoms with Crippen molar-refractivity contribution in [1.82, 2.24) is 15.0 Å². The smallest absolute Gasteiger partial charge is 0.191 e. The van der Waals surface area contributed by atoms with E-state index in [1.807, 2.05) is 48.7 Å². The van der Waals surface area contributed by atoms with E-state index in [9.17, 15) is 5.26 Å². The summed E-state index contributed by atoms with van der Waals surface area (Å²) >= 11 is 1.56. The van der Waals surface area contributed by atoms with E-state index in [1.54, 1.807) is 16.0 Å². The fourth-order valence-electron chi connectivity index (χ4n) is 2.16. The molecule has 0 fully saturated rings. The van der Waals surface area contributed by atoms with Gasteiger partial charge in [-0.2, -0.15) is 5.26 Å². The van der Waals surface area contributed by atoms with Crippen molar-refractivity contribution in [2.24, 2.45) is 0 Å². The molecule has 3 rings (SSSR count). The summed E-state index contributed by atoms with van der Waals surface area (Å²) < 4.78 is 7.46. The highest BCUT2D eigenvalue weighted by Crippen LogP contribution is 2.26. The molecule has 0 amide bonds. The number of ether oxygens (including phenoxy) is 1. The van der Waals surface area contributed by atoms with Gasteiger partial charge in [-0.05, 0) is 36.1 Å². The number of nitriles is 1. The van der Waals surface area contributed by atoms with Gasteiger partial charge in [-0.15, -0.1) is 16.4 Å². The van der Waals surface area contributed by atoms with Crippen molar-refractivity contribution in [1.29, 1.82) is 5.26 Å². The van der Waals surface area contributed by atoms with Crippen LogP contribution in [-0.4, -0.2) is 21.6 Å². The van der Waals surface area contributed by atoms with E-state index in [-0.39, 0.29) is 0 Å². The Morgan fingerprint density at radius 3 is 2.95 bits per heavy atom. The van der Waals surface area contributed by atoms with Crippen LogP contribution in [0.2, 0.25) is 0 Å². The quantitative estimate of drug-likeness (QED) is 0.725. The van der Waals surface area contributed by atoms with Gasteiger partial charge in [0.15, 0.2) is 5.69 Å². The molecule has 0 aliphatic rings. The third kappa shape index (κ3) is 3.00. The molecule has 110 valence electrons. The molecule has 3 aromatic rings. The molecule has 0 bridgehead atoms. The van der Waals surface area contributed by atoms with E-state index in [4.69, 9.17) is 4.74 Å². The molecule has 0 unspecified atom stereocenters. The number of hydrogen-bond donors (Lipinski definition) is 0.